The van der Waals surface area contributed by atoms with Gasteiger partial charge in [-0.25, -0.2) is 4.79 Å². The lowest BCUT2D eigenvalue weighted by Gasteiger charge is -2.24. The van der Waals surface area contributed by atoms with Gasteiger partial charge < -0.3 is 19.3 Å². The Bertz CT molecular complexity index is 763. The molecule has 3 rings (SSSR count). The summed E-state index contributed by atoms with van der Waals surface area (Å²) >= 11 is 0. The molecule has 0 spiro atoms. The number of likely N-dealkylation sites (N-methyl/N-ethyl adjacent to an activating group) is 1. The first-order chi connectivity index (χ1) is 10.5. The van der Waals surface area contributed by atoms with E-state index in [4.69, 9.17) is 4.74 Å². The molecule has 0 unspecified atom stereocenters. The van der Waals surface area contributed by atoms with Gasteiger partial charge in [0.1, 0.15) is 6.54 Å². The zero-order valence-electron chi connectivity index (χ0n) is 12.6. The molecule has 2 aromatic rings. The lowest BCUT2D eigenvalue weighted by Crippen LogP contribution is -2.28. The SMILES string of the molecule is COC(=O)Cn1c2c(c3cc(C(=O)O)ccc31)CN(C)CC2. The van der Waals surface area contributed by atoms with E-state index in [1.165, 1.54) is 7.11 Å². The minimum absolute atomic E-state index is 0.151. The van der Waals surface area contributed by atoms with Gasteiger partial charge in [-0.15, -0.1) is 0 Å². The van der Waals surface area contributed by atoms with Crippen molar-refractivity contribution >= 4 is 22.8 Å². The van der Waals surface area contributed by atoms with Crippen molar-refractivity contribution in [3.63, 3.8) is 0 Å². The molecule has 0 aliphatic carbocycles. The van der Waals surface area contributed by atoms with Crippen LogP contribution >= 0.6 is 0 Å². The molecule has 1 aliphatic rings. The summed E-state index contributed by atoms with van der Waals surface area (Å²) in [6.45, 7) is 1.82. The summed E-state index contributed by atoms with van der Waals surface area (Å²) in [5.41, 5.74) is 3.35. The van der Waals surface area contributed by atoms with Gasteiger partial charge in [-0.05, 0) is 30.8 Å². The molecule has 1 aliphatic heterocycles. The third kappa shape index (κ3) is 2.35. The molecule has 116 valence electrons. The number of hydrogen-bond acceptors (Lipinski definition) is 4. The molecule has 0 saturated carbocycles. The third-order valence-corrected chi connectivity index (χ3v) is 4.21. The predicted molar refractivity (Wildman–Crippen MR) is 81.0 cm³/mol. The Morgan fingerprint density at radius 3 is 2.82 bits per heavy atom. The molecule has 1 aromatic carbocycles. The minimum Gasteiger partial charge on any atom is -0.478 e. The van der Waals surface area contributed by atoms with Crippen molar-refractivity contribution in [2.75, 3.05) is 20.7 Å². The van der Waals surface area contributed by atoms with E-state index >= 15 is 0 Å². The molecule has 0 amide bonds. The number of ether oxygens (including phenoxy) is 1. The fourth-order valence-corrected chi connectivity index (χ4v) is 3.09. The lowest BCUT2D eigenvalue weighted by molar-refractivity contribution is -0.141. The Kier molecular flexibility index (Phi) is 3.62. The summed E-state index contributed by atoms with van der Waals surface area (Å²) in [6.07, 6.45) is 0.833. The second-order valence-electron chi connectivity index (χ2n) is 5.61. The second kappa shape index (κ2) is 5.46. The van der Waals surface area contributed by atoms with Gasteiger partial charge in [0.05, 0.1) is 12.7 Å². The number of aromatic nitrogens is 1. The molecule has 22 heavy (non-hydrogen) atoms. The molecular formula is C16H18N2O4. The second-order valence-corrected chi connectivity index (χ2v) is 5.61. The first kappa shape index (κ1) is 14.6. The van der Waals surface area contributed by atoms with Crippen LogP contribution in [0.15, 0.2) is 18.2 Å². The lowest BCUT2D eigenvalue weighted by atomic mass is 10.0. The predicted octanol–water partition coefficient (Wildman–Crippen LogP) is 1.50. The van der Waals surface area contributed by atoms with E-state index < -0.39 is 5.97 Å². The number of fused-ring (bicyclic) bond motifs is 3. The first-order valence-electron chi connectivity index (χ1n) is 7.14. The molecule has 0 bridgehead atoms. The zero-order chi connectivity index (χ0) is 15.9. The molecule has 0 atom stereocenters. The van der Waals surface area contributed by atoms with Gasteiger partial charge in [-0.3, -0.25) is 4.79 Å². The highest BCUT2D eigenvalue weighted by molar-refractivity contribution is 5.96. The van der Waals surface area contributed by atoms with Crippen LogP contribution in [0.1, 0.15) is 21.6 Å². The fraction of sp³-hybridized carbons (Fsp3) is 0.375. The summed E-state index contributed by atoms with van der Waals surface area (Å²) in [7, 11) is 3.41. The fourth-order valence-electron chi connectivity index (χ4n) is 3.09. The summed E-state index contributed by atoms with van der Waals surface area (Å²) in [5.74, 6) is -1.25. The molecule has 6 nitrogen and oxygen atoms in total. The van der Waals surface area contributed by atoms with Crippen molar-refractivity contribution in [2.45, 2.75) is 19.5 Å². The van der Waals surface area contributed by atoms with Gasteiger partial charge in [0.2, 0.25) is 0 Å². The van der Waals surface area contributed by atoms with E-state index in [-0.39, 0.29) is 18.1 Å². The number of benzene rings is 1. The normalized spacial score (nSPS) is 14.8. The van der Waals surface area contributed by atoms with Gasteiger partial charge in [-0.1, -0.05) is 0 Å². The number of nitrogens with zero attached hydrogens (tertiary/aromatic N) is 2. The Morgan fingerprint density at radius 2 is 2.14 bits per heavy atom. The zero-order valence-corrected chi connectivity index (χ0v) is 12.6. The number of esters is 1. The van der Waals surface area contributed by atoms with Crippen LogP contribution in [-0.2, 0) is 29.0 Å². The molecule has 0 radical (unpaired) electrons. The van der Waals surface area contributed by atoms with Crippen LogP contribution in [0.4, 0.5) is 0 Å². The molecule has 1 aromatic heterocycles. The standard InChI is InChI=1S/C16H18N2O4/c1-17-6-5-14-12(8-17)11-7-10(16(20)21)3-4-13(11)18(14)9-15(19)22-2/h3-4,7H,5-6,8-9H2,1-2H3,(H,20,21). The summed E-state index contributed by atoms with van der Waals surface area (Å²) in [6, 6.07) is 5.05. The van der Waals surface area contributed by atoms with E-state index in [9.17, 15) is 14.7 Å². The van der Waals surface area contributed by atoms with E-state index in [2.05, 4.69) is 4.90 Å². The van der Waals surface area contributed by atoms with Crippen molar-refractivity contribution in [3.05, 3.63) is 35.0 Å². The molecule has 0 saturated heterocycles. The van der Waals surface area contributed by atoms with Gasteiger partial charge >= 0.3 is 11.9 Å². The number of aromatic carboxylic acids is 1. The van der Waals surface area contributed by atoms with E-state index in [1.54, 1.807) is 18.2 Å². The Morgan fingerprint density at radius 1 is 1.36 bits per heavy atom. The minimum atomic E-state index is -0.944. The molecule has 2 heterocycles. The maximum Gasteiger partial charge on any atom is 0.335 e. The van der Waals surface area contributed by atoms with Crippen LogP contribution in [0.25, 0.3) is 10.9 Å². The number of carbonyl (C=O) groups is 2. The topological polar surface area (TPSA) is 71.8 Å². The van der Waals surface area contributed by atoms with Crippen molar-refractivity contribution in [3.8, 4) is 0 Å². The van der Waals surface area contributed by atoms with Crippen LogP contribution in [0, 0.1) is 0 Å². The smallest absolute Gasteiger partial charge is 0.335 e. The largest absolute Gasteiger partial charge is 0.478 e. The number of rotatable bonds is 3. The summed E-state index contributed by atoms with van der Waals surface area (Å²) in [4.78, 5) is 25.1. The monoisotopic (exact) mass is 302 g/mol. The quantitative estimate of drug-likeness (QED) is 0.870. The number of carbonyl (C=O) groups excluding carboxylic acids is 1. The Hall–Kier alpha value is -2.34. The summed E-state index contributed by atoms with van der Waals surface area (Å²) < 4.78 is 6.74. The van der Waals surface area contributed by atoms with E-state index in [0.717, 1.165) is 41.7 Å². The Labute approximate surface area is 127 Å². The van der Waals surface area contributed by atoms with Gasteiger partial charge in [0.25, 0.3) is 0 Å². The van der Waals surface area contributed by atoms with Crippen LogP contribution in [0.5, 0.6) is 0 Å². The van der Waals surface area contributed by atoms with Crippen molar-refractivity contribution in [2.24, 2.45) is 0 Å². The van der Waals surface area contributed by atoms with Gasteiger partial charge in [0.15, 0.2) is 0 Å². The van der Waals surface area contributed by atoms with Crippen LogP contribution < -0.4 is 0 Å². The highest BCUT2D eigenvalue weighted by atomic mass is 16.5. The van der Waals surface area contributed by atoms with Crippen molar-refractivity contribution in [1.82, 2.24) is 9.47 Å². The highest BCUT2D eigenvalue weighted by Gasteiger charge is 2.24. The maximum atomic E-state index is 11.7. The maximum absolute atomic E-state index is 11.7. The third-order valence-electron chi connectivity index (χ3n) is 4.21. The highest BCUT2D eigenvalue weighted by Crippen LogP contribution is 2.31. The molecular weight excluding hydrogens is 284 g/mol. The van der Waals surface area contributed by atoms with Gasteiger partial charge in [-0.2, -0.15) is 0 Å². The average Bonchev–Trinajstić information content (AvgIpc) is 2.80. The number of methoxy groups -OCH3 is 1. The Balaban J connectivity index is 2.21. The number of hydrogen-bond donors (Lipinski definition) is 1. The van der Waals surface area contributed by atoms with Crippen LogP contribution in [-0.4, -0.2) is 47.2 Å². The molecule has 6 heteroatoms. The molecule has 1 N–H and O–H groups in total. The number of carboxylic acids is 1. The van der Waals surface area contributed by atoms with Crippen LogP contribution in [0.3, 0.4) is 0 Å². The van der Waals surface area contributed by atoms with E-state index in [1.807, 2.05) is 11.6 Å². The summed E-state index contributed by atoms with van der Waals surface area (Å²) in [5, 5.41) is 10.1. The first-order valence-corrected chi connectivity index (χ1v) is 7.14. The van der Waals surface area contributed by atoms with Crippen molar-refractivity contribution in [1.29, 1.82) is 0 Å². The van der Waals surface area contributed by atoms with Gasteiger partial charge in [0, 0.05) is 36.1 Å². The van der Waals surface area contributed by atoms with Crippen LogP contribution in [0.2, 0.25) is 0 Å². The molecule has 0 fully saturated rings. The van der Waals surface area contributed by atoms with E-state index in [0.29, 0.717) is 0 Å². The van der Waals surface area contributed by atoms with Crippen molar-refractivity contribution < 1.29 is 19.4 Å². The average molecular weight is 302 g/mol. The number of carboxylic acid groups (broad SMARTS) is 1.